The van der Waals surface area contributed by atoms with E-state index in [-0.39, 0.29) is 0 Å². The van der Waals surface area contributed by atoms with Gasteiger partial charge in [0.1, 0.15) is 12.4 Å². The number of halogens is 2. The van der Waals surface area contributed by atoms with Crippen molar-refractivity contribution in [3.63, 3.8) is 0 Å². The van der Waals surface area contributed by atoms with E-state index in [9.17, 15) is 0 Å². The van der Waals surface area contributed by atoms with Crippen molar-refractivity contribution in [1.29, 1.82) is 0 Å². The molecule has 0 spiro atoms. The largest absolute Gasteiger partial charge is 0.488 e. The topological polar surface area (TPSA) is 30.5 Å². The third kappa shape index (κ3) is 5.27. The SMILES string of the molecule is COCCNCc1cc(Cl)ccc1OCc1sccc1Br. The summed E-state index contributed by atoms with van der Waals surface area (Å²) in [4.78, 5) is 1.17. The fourth-order valence-corrected chi connectivity index (χ4v) is 3.37. The molecule has 0 saturated heterocycles. The molecule has 2 aromatic rings. The molecule has 2 rings (SSSR count). The Hall–Kier alpha value is -0.590. The molecule has 1 N–H and O–H groups in total. The first kappa shape index (κ1) is 16.8. The molecule has 0 fully saturated rings. The van der Waals surface area contributed by atoms with Gasteiger partial charge in [0.15, 0.2) is 0 Å². The monoisotopic (exact) mass is 389 g/mol. The van der Waals surface area contributed by atoms with Crippen LogP contribution in [0.4, 0.5) is 0 Å². The van der Waals surface area contributed by atoms with Crippen LogP contribution in [0.15, 0.2) is 34.1 Å². The van der Waals surface area contributed by atoms with Gasteiger partial charge in [0, 0.05) is 35.3 Å². The Balaban J connectivity index is 1.99. The summed E-state index contributed by atoms with van der Waals surface area (Å²) < 4.78 is 12.0. The van der Waals surface area contributed by atoms with Crippen LogP contribution in [-0.2, 0) is 17.9 Å². The van der Waals surface area contributed by atoms with Gasteiger partial charge in [-0.3, -0.25) is 0 Å². The van der Waals surface area contributed by atoms with Gasteiger partial charge in [0.2, 0.25) is 0 Å². The van der Waals surface area contributed by atoms with Crippen LogP contribution in [0, 0.1) is 0 Å². The number of hydrogen-bond acceptors (Lipinski definition) is 4. The Morgan fingerprint density at radius 3 is 2.90 bits per heavy atom. The Kier molecular flexibility index (Phi) is 6.99. The highest BCUT2D eigenvalue weighted by Gasteiger charge is 2.07. The summed E-state index contributed by atoms with van der Waals surface area (Å²) in [6.45, 7) is 2.72. The van der Waals surface area contributed by atoms with Gasteiger partial charge in [-0.25, -0.2) is 0 Å². The zero-order valence-corrected chi connectivity index (χ0v) is 14.9. The second-order valence-corrected chi connectivity index (χ2v) is 6.69. The van der Waals surface area contributed by atoms with Crippen LogP contribution in [0.1, 0.15) is 10.4 Å². The molecule has 0 aliphatic heterocycles. The van der Waals surface area contributed by atoms with E-state index in [1.54, 1.807) is 18.4 Å². The van der Waals surface area contributed by atoms with E-state index in [1.807, 2.05) is 29.6 Å². The molecule has 0 aliphatic carbocycles. The third-order valence-corrected chi connectivity index (χ3v) is 5.01. The number of hydrogen-bond donors (Lipinski definition) is 1. The fraction of sp³-hybridized carbons (Fsp3) is 0.333. The molecule has 0 atom stereocenters. The van der Waals surface area contributed by atoms with Gasteiger partial charge in [-0.15, -0.1) is 11.3 Å². The number of ether oxygens (including phenoxy) is 2. The quantitative estimate of drug-likeness (QED) is 0.674. The van der Waals surface area contributed by atoms with Crippen LogP contribution in [0.5, 0.6) is 5.75 Å². The summed E-state index contributed by atoms with van der Waals surface area (Å²) in [6, 6.07) is 7.72. The van der Waals surface area contributed by atoms with E-state index < -0.39 is 0 Å². The van der Waals surface area contributed by atoms with Gasteiger partial charge in [0.25, 0.3) is 0 Å². The average Bonchev–Trinajstić information content (AvgIpc) is 2.88. The van der Waals surface area contributed by atoms with Crippen molar-refractivity contribution >= 4 is 38.9 Å². The predicted octanol–water partition coefficient (Wildman–Crippen LogP) is 4.48. The molecule has 0 bridgehead atoms. The third-order valence-electron chi connectivity index (χ3n) is 2.87. The van der Waals surface area contributed by atoms with Crippen molar-refractivity contribution in [2.45, 2.75) is 13.2 Å². The van der Waals surface area contributed by atoms with Crippen LogP contribution in [0.25, 0.3) is 0 Å². The highest BCUT2D eigenvalue weighted by atomic mass is 79.9. The average molecular weight is 391 g/mol. The van der Waals surface area contributed by atoms with E-state index in [0.717, 1.165) is 22.3 Å². The number of benzene rings is 1. The summed E-state index contributed by atoms with van der Waals surface area (Å²) in [6.07, 6.45) is 0. The Labute approximate surface area is 142 Å². The van der Waals surface area contributed by atoms with Gasteiger partial charge in [-0.2, -0.15) is 0 Å². The summed E-state index contributed by atoms with van der Waals surface area (Å²) in [5.41, 5.74) is 1.05. The highest BCUT2D eigenvalue weighted by molar-refractivity contribution is 9.10. The number of thiophene rings is 1. The van der Waals surface area contributed by atoms with Crippen molar-refractivity contribution in [1.82, 2.24) is 5.32 Å². The Morgan fingerprint density at radius 1 is 1.33 bits per heavy atom. The first-order valence-electron chi connectivity index (χ1n) is 6.53. The molecule has 1 aromatic carbocycles. The van der Waals surface area contributed by atoms with E-state index in [1.165, 1.54) is 4.88 Å². The first-order chi connectivity index (χ1) is 10.2. The number of methoxy groups -OCH3 is 1. The Bertz CT molecular complexity index is 577. The summed E-state index contributed by atoms with van der Waals surface area (Å²) >= 11 is 11.3. The maximum absolute atomic E-state index is 6.07. The molecular weight excluding hydrogens is 374 g/mol. The number of nitrogens with one attached hydrogen (secondary N) is 1. The lowest BCUT2D eigenvalue weighted by Gasteiger charge is -2.12. The molecule has 0 aliphatic rings. The second kappa shape index (κ2) is 8.76. The normalized spacial score (nSPS) is 10.8. The molecule has 3 nitrogen and oxygen atoms in total. The molecule has 0 saturated carbocycles. The van der Waals surface area contributed by atoms with Crippen LogP contribution in [0.3, 0.4) is 0 Å². The van der Waals surface area contributed by atoms with E-state index in [4.69, 9.17) is 21.1 Å². The van der Waals surface area contributed by atoms with E-state index >= 15 is 0 Å². The predicted molar refractivity (Wildman–Crippen MR) is 91.4 cm³/mol. The summed E-state index contributed by atoms with van der Waals surface area (Å²) in [5, 5.41) is 6.06. The molecule has 6 heteroatoms. The molecule has 1 heterocycles. The smallest absolute Gasteiger partial charge is 0.124 e. The van der Waals surface area contributed by atoms with Crippen molar-refractivity contribution in [3.05, 3.63) is 49.6 Å². The minimum Gasteiger partial charge on any atom is -0.488 e. The zero-order valence-electron chi connectivity index (χ0n) is 11.7. The van der Waals surface area contributed by atoms with Crippen molar-refractivity contribution in [2.24, 2.45) is 0 Å². The standard InChI is InChI=1S/C15H17BrClNO2S/c1-19-6-5-18-9-11-8-12(17)2-3-14(11)20-10-15-13(16)4-7-21-15/h2-4,7-8,18H,5-6,9-10H2,1H3. The lowest BCUT2D eigenvalue weighted by molar-refractivity contribution is 0.199. The first-order valence-corrected chi connectivity index (χ1v) is 8.58. The van der Waals surface area contributed by atoms with Crippen LogP contribution < -0.4 is 10.1 Å². The highest BCUT2D eigenvalue weighted by Crippen LogP contribution is 2.27. The van der Waals surface area contributed by atoms with Gasteiger partial charge in [-0.1, -0.05) is 11.6 Å². The molecule has 0 amide bonds. The summed E-state index contributed by atoms with van der Waals surface area (Å²) in [5.74, 6) is 0.851. The Morgan fingerprint density at radius 2 is 2.19 bits per heavy atom. The maximum atomic E-state index is 6.07. The minimum atomic E-state index is 0.547. The lowest BCUT2D eigenvalue weighted by Crippen LogP contribution is -2.19. The maximum Gasteiger partial charge on any atom is 0.124 e. The minimum absolute atomic E-state index is 0.547. The second-order valence-electron chi connectivity index (χ2n) is 4.40. The zero-order chi connectivity index (χ0) is 15.1. The van der Waals surface area contributed by atoms with Crippen LogP contribution in [0.2, 0.25) is 5.02 Å². The van der Waals surface area contributed by atoms with Crippen LogP contribution in [-0.4, -0.2) is 20.3 Å². The molecular formula is C15H17BrClNO2S. The molecule has 21 heavy (non-hydrogen) atoms. The lowest BCUT2D eigenvalue weighted by atomic mass is 10.2. The van der Waals surface area contributed by atoms with Gasteiger partial charge >= 0.3 is 0 Å². The molecule has 114 valence electrons. The number of rotatable bonds is 8. The van der Waals surface area contributed by atoms with Gasteiger partial charge < -0.3 is 14.8 Å². The fourth-order valence-electron chi connectivity index (χ4n) is 1.80. The molecule has 1 aromatic heterocycles. The summed E-state index contributed by atoms with van der Waals surface area (Å²) in [7, 11) is 1.69. The van der Waals surface area contributed by atoms with E-state index in [2.05, 4.69) is 21.2 Å². The van der Waals surface area contributed by atoms with E-state index in [0.29, 0.717) is 24.8 Å². The van der Waals surface area contributed by atoms with Crippen LogP contribution >= 0.6 is 38.9 Å². The van der Waals surface area contributed by atoms with Gasteiger partial charge in [0.05, 0.1) is 11.5 Å². The molecule has 0 radical (unpaired) electrons. The molecule has 0 unspecified atom stereocenters. The van der Waals surface area contributed by atoms with Crippen molar-refractivity contribution in [3.8, 4) is 5.75 Å². The van der Waals surface area contributed by atoms with Gasteiger partial charge in [-0.05, 0) is 45.6 Å². The van der Waals surface area contributed by atoms with Crippen molar-refractivity contribution < 1.29 is 9.47 Å². The van der Waals surface area contributed by atoms with Crippen molar-refractivity contribution in [2.75, 3.05) is 20.3 Å².